The average Bonchev–Trinajstić information content (AvgIpc) is 3.43. The van der Waals surface area contributed by atoms with E-state index in [0.29, 0.717) is 43.4 Å². The van der Waals surface area contributed by atoms with E-state index in [0.717, 1.165) is 109 Å². The van der Waals surface area contributed by atoms with E-state index in [-0.39, 0.29) is 25.7 Å². The van der Waals surface area contributed by atoms with Crippen LogP contribution in [0, 0.1) is 23.7 Å². The number of esters is 4. The van der Waals surface area contributed by atoms with Crippen molar-refractivity contribution in [3.05, 3.63) is 0 Å². The van der Waals surface area contributed by atoms with Gasteiger partial charge >= 0.3 is 39.5 Å². The van der Waals surface area contributed by atoms with Crippen molar-refractivity contribution in [2.75, 3.05) is 39.6 Å². The molecule has 0 radical (unpaired) electrons. The molecular weight excluding hydrogens is 1090 g/mol. The maximum Gasteiger partial charge on any atom is 0.472 e. The van der Waals surface area contributed by atoms with Gasteiger partial charge in [0, 0.05) is 25.7 Å². The summed E-state index contributed by atoms with van der Waals surface area (Å²) in [7, 11) is -9.89. The number of aliphatic hydroxyl groups excluding tert-OH is 1. The summed E-state index contributed by atoms with van der Waals surface area (Å²) in [6.45, 7) is 13.9. The zero-order valence-electron chi connectivity index (χ0n) is 53.1. The first-order chi connectivity index (χ1) is 39.1. The number of rotatable bonds is 60. The fraction of sp³-hybridized carbons (Fsp3) is 0.937. The molecule has 0 saturated heterocycles. The summed E-state index contributed by atoms with van der Waals surface area (Å²) >= 11 is 0. The van der Waals surface area contributed by atoms with Crippen LogP contribution in [0.2, 0.25) is 0 Å². The third-order valence-corrected chi connectivity index (χ3v) is 16.2. The lowest BCUT2D eigenvalue weighted by Crippen LogP contribution is -2.30. The molecule has 0 aliphatic rings. The molecule has 0 fully saturated rings. The molecule has 0 aromatic heterocycles. The van der Waals surface area contributed by atoms with Gasteiger partial charge in [-0.3, -0.25) is 37.3 Å². The van der Waals surface area contributed by atoms with E-state index in [1.807, 2.05) is 0 Å². The van der Waals surface area contributed by atoms with Crippen molar-refractivity contribution in [3.63, 3.8) is 0 Å². The van der Waals surface area contributed by atoms with Crippen LogP contribution in [0.1, 0.15) is 299 Å². The van der Waals surface area contributed by atoms with Crippen molar-refractivity contribution < 1.29 is 80.2 Å². The van der Waals surface area contributed by atoms with Gasteiger partial charge in [0.15, 0.2) is 12.2 Å². The molecule has 17 nitrogen and oxygen atoms in total. The lowest BCUT2D eigenvalue weighted by molar-refractivity contribution is -0.161. The number of phosphoric acid groups is 2. The summed E-state index contributed by atoms with van der Waals surface area (Å²) in [5.74, 6) is 0.688. The van der Waals surface area contributed by atoms with Crippen LogP contribution in [-0.2, 0) is 65.4 Å². The molecule has 82 heavy (non-hydrogen) atoms. The zero-order chi connectivity index (χ0) is 61.1. The minimum Gasteiger partial charge on any atom is -0.462 e. The molecule has 0 aromatic rings. The number of ether oxygens (including phenoxy) is 4. The Hall–Kier alpha value is -1.94. The molecule has 0 saturated carbocycles. The fourth-order valence-electron chi connectivity index (χ4n) is 9.25. The Bertz CT molecular complexity index is 1640. The Morgan fingerprint density at radius 1 is 0.305 bits per heavy atom. The monoisotopic (exact) mass is 1210 g/mol. The minimum absolute atomic E-state index is 0.102. The van der Waals surface area contributed by atoms with Crippen LogP contribution in [-0.4, -0.2) is 96.7 Å². The number of hydrogen-bond acceptors (Lipinski definition) is 15. The second-order valence-electron chi connectivity index (χ2n) is 24.7. The van der Waals surface area contributed by atoms with Gasteiger partial charge in [0.2, 0.25) is 0 Å². The van der Waals surface area contributed by atoms with Crippen LogP contribution in [0.15, 0.2) is 0 Å². The molecule has 0 bridgehead atoms. The maximum atomic E-state index is 13.0. The molecule has 0 spiro atoms. The Balaban J connectivity index is 5.25. The molecule has 19 heteroatoms. The molecule has 0 aromatic carbocycles. The molecule has 5 atom stereocenters. The molecular formula is C63H122O17P2. The minimum atomic E-state index is -4.94. The molecule has 3 N–H and O–H groups in total. The normalized spacial score (nSPS) is 14.5. The average molecular weight is 1210 g/mol. The Morgan fingerprint density at radius 3 is 0.756 bits per heavy atom. The number of phosphoric ester groups is 2. The van der Waals surface area contributed by atoms with E-state index in [2.05, 4.69) is 55.4 Å². The topological polar surface area (TPSA) is 237 Å². The number of carbonyl (C=O) groups is 4. The van der Waals surface area contributed by atoms with Gasteiger partial charge in [0.25, 0.3) is 0 Å². The van der Waals surface area contributed by atoms with Crippen molar-refractivity contribution in [3.8, 4) is 0 Å². The first-order valence-corrected chi connectivity index (χ1v) is 35.7. The second-order valence-corrected chi connectivity index (χ2v) is 27.6. The van der Waals surface area contributed by atoms with E-state index in [1.54, 1.807) is 0 Å². The highest BCUT2D eigenvalue weighted by molar-refractivity contribution is 7.47. The number of aliphatic hydroxyl groups is 1. The van der Waals surface area contributed by atoms with Crippen molar-refractivity contribution in [2.24, 2.45) is 23.7 Å². The first-order valence-electron chi connectivity index (χ1n) is 32.7. The van der Waals surface area contributed by atoms with Crippen LogP contribution < -0.4 is 0 Å². The highest BCUT2D eigenvalue weighted by atomic mass is 31.2. The molecule has 0 aliphatic heterocycles. The standard InChI is InChI=1S/C63H122O17P2/c1-53(2)39-31-23-15-11-9-10-12-18-29-37-45-62(67)79-58(49-73-60(65)43-35-27-19-13-16-24-32-40-54(3)4)51-77-81(69,70)75-47-57(64)48-76-82(71,72)78-52-59(50-74-61(66)44-36-28-22-21-26-34-42-56(7)8)80-63(68)46-38-30-20-14-17-25-33-41-55(5)6/h53-59,64H,9-52H2,1-8H3,(H,69,70)(H,71,72)/t57-,58-,59-/m1/s1. The second kappa shape index (κ2) is 53.3. The Morgan fingerprint density at radius 2 is 0.512 bits per heavy atom. The van der Waals surface area contributed by atoms with E-state index in [9.17, 15) is 43.2 Å². The van der Waals surface area contributed by atoms with Gasteiger partial charge in [0.1, 0.15) is 19.3 Å². The van der Waals surface area contributed by atoms with Crippen molar-refractivity contribution in [2.45, 2.75) is 318 Å². The van der Waals surface area contributed by atoms with Gasteiger partial charge in [-0.05, 0) is 49.4 Å². The van der Waals surface area contributed by atoms with Crippen LogP contribution in [0.25, 0.3) is 0 Å². The van der Waals surface area contributed by atoms with Gasteiger partial charge in [0.05, 0.1) is 26.4 Å². The van der Waals surface area contributed by atoms with Crippen LogP contribution in [0.4, 0.5) is 0 Å². The highest BCUT2D eigenvalue weighted by Gasteiger charge is 2.30. The van der Waals surface area contributed by atoms with Crippen molar-refractivity contribution in [1.29, 1.82) is 0 Å². The predicted molar refractivity (Wildman–Crippen MR) is 326 cm³/mol. The lowest BCUT2D eigenvalue weighted by atomic mass is 10.0. The van der Waals surface area contributed by atoms with Gasteiger partial charge in [-0.1, -0.05) is 248 Å². The third kappa shape index (κ3) is 57.2. The van der Waals surface area contributed by atoms with Crippen molar-refractivity contribution >= 4 is 39.5 Å². The fourth-order valence-corrected chi connectivity index (χ4v) is 10.8. The predicted octanol–water partition coefficient (Wildman–Crippen LogP) is 17.0. The number of unbranched alkanes of at least 4 members (excludes halogenated alkanes) is 26. The SMILES string of the molecule is CC(C)CCCCCCCCCCCCC(=O)O[C@H](COC(=O)CCCCCCCCCC(C)C)COP(=O)(O)OC[C@@H](O)COP(=O)(O)OC[C@@H](COC(=O)CCCCCCCCC(C)C)OC(=O)CCCCCCCCCC(C)C. The first kappa shape index (κ1) is 80.1. The number of hydrogen-bond donors (Lipinski definition) is 3. The van der Waals surface area contributed by atoms with Crippen LogP contribution >= 0.6 is 15.6 Å². The summed E-state index contributed by atoms with van der Waals surface area (Å²) < 4.78 is 67.9. The highest BCUT2D eigenvalue weighted by Crippen LogP contribution is 2.45. The molecule has 0 aliphatic carbocycles. The smallest absolute Gasteiger partial charge is 0.462 e. The van der Waals surface area contributed by atoms with Gasteiger partial charge < -0.3 is 33.8 Å². The zero-order valence-corrected chi connectivity index (χ0v) is 54.9. The van der Waals surface area contributed by atoms with E-state index in [4.69, 9.17) is 37.0 Å². The van der Waals surface area contributed by atoms with Crippen molar-refractivity contribution in [1.82, 2.24) is 0 Å². The largest absolute Gasteiger partial charge is 0.472 e. The molecule has 0 amide bonds. The molecule has 0 heterocycles. The van der Waals surface area contributed by atoms with E-state index in [1.165, 1.54) is 89.9 Å². The summed E-state index contributed by atoms with van der Waals surface area (Å²) in [6.07, 6.45) is 32.4. The summed E-state index contributed by atoms with van der Waals surface area (Å²) in [5, 5.41) is 10.5. The quantitative estimate of drug-likeness (QED) is 0.0222. The maximum absolute atomic E-state index is 13.0. The number of carbonyl (C=O) groups excluding carboxylic acids is 4. The molecule has 0 rings (SSSR count). The van der Waals surface area contributed by atoms with Crippen LogP contribution in [0.3, 0.4) is 0 Å². The molecule has 2 unspecified atom stereocenters. The summed E-state index contributed by atoms with van der Waals surface area (Å²) in [6, 6.07) is 0. The van der Waals surface area contributed by atoms with Crippen LogP contribution in [0.5, 0.6) is 0 Å². The van der Waals surface area contributed by atoms with E-state index < -0.39 is 97.5 Å². The Kier molecular flexibility index (Phi) is 52.0. The summed E-state index contributed by atoms with van der Waals surface area (Å²) in [4.78, 5) is 72.1. The van der Waals surface area contributed by atoms with Gasteiger partial charge in [-0.2, -0.15) is 0 Å². The third-order valence-electron chi connectivity index (χ3n) is 14.3. The lowest BCUT2D eigenvalue weighted by Gasteiger charge is -2.21. The van der Waals surface area contributed by atoms with E-state index >= 15 is 0 Å². The summed E-state index contributed by atoms with van der Waals surface area (Å²) in [5.41, 5.74) is 0. The van der Waals surface area contributed by atoms with Gasteiger partial charge in [-0.15, -0.1) is 0 Å². The Labute approximate surface area is 498 Å². The van der Waals surface area contributed by atoms with Gasteiger partial charge in [-0.25, -0.2) is 9.13 Å². The molecule has 486 valence electrons.